The topological polar surface area (TPSA) is 58.4 Å². The van der Waals surface area contributed by atoms with Crippen molar-refractivity contribution in [1.29, 1.82) is 0 Å². The second-order valence-corrected chi connectivity index (χ2v) is 5.35. The molecule has 2 amide bonds. The number of carbonyl (C=O) groups is 1. The smallest absolute Gasteiger partial charge is 0.316 e. The Kier molecular flexibility index (Phi) is 4.93. The minimum atomic E-state index is -0.461. The predicted molar refractivity (Wildman–Crippen MR) is 97.0 cm³/mol. The van der Waals surface area contributed by atoms with Crippen molar-refractivity contribution in [3.63, 3.8) is 0 Å². The van der Waals surface area contributed by atoms with Crippen molar-refractivity contribution in [3.05, 3.63) is 83.6 Å². The van der Waals surface area contributed by atoms with E-state index < -0.39 is 6.03 Å². The summed E-state index contributed by atoms with van der Waals surface area (Å²) in [6, 6.07) is 20.2. The van der Waals surface area contributed by atoms with Gasteiger partial charge < -0.3 is 9.88 Å². The van der Waals surface area contributed by atoms with E-state index in [1.807, 2.05) is 53.2 Å². The van der Waals surface area contributed by atoms with Crippen LogP contribution in [0, 0.1) is 0 Å². The highest BCUT2D eigenvalue weighted by molar-refractivity contribution is 6.33. The lowest BCUT2D eigenvalue weighted by atomic mass is 10.3. The normalized spacial score (nSPS) is 10.7. The largest absolute Gasteiger partial charge is 0.339 e. The summed E-state index contributed by atoms with van der Waals surface area (Å²) < 4.78 is 1.97. The average molecular weight is 339 g/mol. The van der Waals surface area contributed by atoms with Gasteiger partial charge >= 0.3 is 6.03 Å². The van der Waals surface area contributed by atoms with Crippen LogP contribution in [0.4, 0.5) is 10.5 Å². The number of benzene rings is 2. The van der Waals surface area contributed by atoms with Crippen molar-refractivity contribution in [3.8, 4) is 5.69 Å². The maximum absolute atomic E-state index is 11.8. The fraction of sp³-hybridized carbons (Fsp3) is 0. The molecule has 0 fully saturated rings. The molecule has 3 aromatic rings. The van der Waals surface area contributed by atoms with Gasteiger partial charge in [-0.25, -0.2) is 10.2 Å². The van der Waals surface area contributed by atoms with Gasteiger partial charge in [0.25, 0.3) is 0 Å². The molecule has 0 saturated carbocycles. The molecule has 0 unspecified atom stereocenters. The Morgan fingerprint density at radius 3 is 2.54 bits per heavy atom. The van der Waals surface area contributed by atoms with Crippen LogP contribution in [0.25, 0.3) is 5.69 Å². The molecule has 0 aliphatic carbocycles. The van der Waals surface area contributed by atoms with Gasteiger partial charge in [0, 0.05) is 11.9 Å². The number of anilines is 1. The first-order chi connectivity index (χ1) is 11.7. The fourth-order valence-corrected chi connectivity index (χ4v) is 2.38. The molecular formula is C18H15ClN4O. The van der Waals surface area contributed by atoms with Crippen LogP contribution in [-0.4, -0.2) is 16.8 Å². The Morgan fingerprint density at radius 2 is 1.75 bits per heavy atom. The van der Waals surface area contributed by atoms with Gasteiger partial charge in [0.1, 0.15) is 0 Å². The maximum atomic E-state index is 11.8. The molecule has 0 saturated heterocycles. The van der Waals surface area contributed by atoms with E-state index >= 15 is 0 Å². The van der Waals surface area contributed by atoms with Crippen LogP contribution in [-0.2, 0) is 0 Å². The number of nitrogens with zero attached hydrogens (tertiary/aromatic N) is 2. The molecule has 0 bridgehead atoms. The number of para-hydroxylation sites is 2. The summed E-state index contributed by atoms with van der Waals surface area (Å²) in [7, 11) is 0. The molecule has 0 spiro atoms. The van der Waals surface area contributed by atoms with Crippen molar-refractivity contribution < 1.29 is 4.79 Å². The lowest BCUT2D eigenvalue weighted by Gasteiger charge is -2.07. The first-order valence-electron chi connectivity index (χ1n) is 7.31. The molecule has 0 radical (unpaired) electrons. The SMILES string of the molecule is O=C(N/N=C/c1cccn1-c1ccccc1)Nc1ccccc1Cl. The number of nitrogens with one attached hydrogen (secondary N) is 2. The third kappa shape index (κ3) is 3.83. The molecule has 0 aliphatic rings. The van der Waals surface area contributed by atoms with Crippen molar-refractivity contribution >= 4 is 29.5 Å². The van der Waals surface area contributed by atoms with Gasteiger partial charge in [-0.2, -0.15) is 5.10 Å². The van der Waals surface area contributed by atoms with E-state index in [0.717, 1.165) is 11.4 Å². The van der Waals surface area contributed by atoms with Gasteiger partial charge in [-0.3, -0.25) is 0 Å². The predicted octanol–water partition coefficient (Wildman–Crippen LogP) is 4.29. The first kappa shape index (κ1) is 15.8. The minimum absolute atomic E-state index is 0.461. The van der Waals surface area contributed by atoms with Crippen LogP contribution in [0.3, 0.4) is 0 Å². The Bertz CT molecular complexity index is 858. The first-order valence-corrected chi connectivity index (χ1v) is 7.69. The number of halogens is 1. The van der Waals surface area contributed by atoms with E-state index in [1.165, 1.54) is 0 Å². The van der Waals surface area contributed by atoms with Crippen LogP contribution >= 0.6 is 11.6 Å². The lowest BCUT2D eigenvalue weighted by Crippen LogP contribution is -2.24. The van der Waals surface area contributed by atoms with Gasteiger partial charge in [-0.15, -0.1) is 0 Å². The summed E-state index contributed by atoms with van der Waals surface area (Å²) in [5, 5.41) is 7.08. The monoisotopic (exact) mass is 338 g/mol. The van der Waals surface area contributed by atoms with Gasteiger partial charge in [0.2, 0.25) is 0 Å². The van der Waals surface area contributed by atoms with E-state index in [4.69, 9.17) is 11.6 Å². The van der Waals surface area contributed by atoms with E-state index in [9.17, 15) is 4.79 Å². The molecule has 2 N–H and O–H groups in total. The molecular weight excluding hydrogens is 324 g/mol. The van der Waals surface area contributed by atoms with Crippen molar-refractivity contribution in [2.24, 2.45) is 5.10 Å². The van der Waals surface area contributed by atoms with Gasteiger partial charge in [0.05, 0.1) is 22.6 Å². The molecule has 24 heavy (non-hydrogen) atoms. The zero-order valence-electron chi connectivity index (χ0n) is 12.7. The van der Waals surface area contributed by atoms with Crippen LogP contribution in [0.2, 0.25) is 5.02 Å². The molecule has 120 valence electrons. The molecule has 5 nitrogen and oxygen atoms in total. The third-order valence-corrected chi connectivity index (χ3v) is 3.63. The Labute approximate surface area is 144 Å². The molecule has 6 heteroatoms. The Balaban J connectivity index is 1.64. The number of rotatable bonds is 4. The minimum Gasteiger partial charge on any atom is -0.316 e. The van der Waals surface area contributed by atoms with Gasteiger partial charge in [-0.1, -0.05) is 41.9 Å². The summed E-state index contributed by atoms with van der Waals surface area (Å²) in [6.07, 6.45) is 3.51. The Hall–Kier alpha value is -3.05. The highest BCUT2D eigenvalue weighted by Crippen LogP contribution is 2.20. The molecule has 1 aromatic heterocycles. The summed E-state index contributed by atoms with van der Waals surface area (Å²) in [5.41, 5.74) is 4.81. The van der Waals surface area contributed by atoms with E-state index in [0.29, 0.717) is 10.7 Å². The molecule has 2 aromatic carbocycles. The van der Waals surface area contributed by atoms with Crippen LogP contribution in [0.1, 0.15) is 5.69 Å². The van der Waals surface area contributed by atoms with Crippen LogP contribution in [0.15, 0.2) is 78.0 Å². The summed E-state index contributed by atoms with van der Waals surface area (Å²) in [6.45, 7) is 0. The standard InChI is InChI=1S/C18H15ClN4O/c19-16-10-4-5-11-17(16)21-18(24)22-20-13-15-9-6-12-23(15)14-7-2-1-3-8-14/h1-13H,(H2,21,22,24)/b20-13+. The summed E-state index contributed by atoms with van der Waals surface area (Å²) in [5.74, 6) is 0. The van der Waals surface area contributed by atoms with E-state index in [2.05, 4.69) is 15.8 Å². The van der Waals surface area contributed by atoms with E-state index in [1.54, 1.807) is 30.5 Å². The lowest BCUT2D eigenvalue weighted by molar-refractivity contribution is 0.252. The fourth-order valence-electron chi connectivity index (χ4n) is 2.19. The number of carbonyl (C=O) groups excluding carboxylic acids is 1. The second kappa shape index (κ2) is 7.48. The van der Waals surface area contributed by atoms with Crippen molar-refractivity contribution in [2.75, 3.05) is 5.32 Å². The molecule has 1 heterocycles. The summed E-state index contributed by atoms with van der Waals surface area (Å²) in [4.78, 5) is 11.8. The van der Waals surface area contributed by atoms with Gasteiger partial charge in [0.15, 0.2) is 0 Å². The van der Waals surface area contributed by atoms with E-state index in [-0.39, 0.29) is 0 Å². The Morgan fingerprint density at radius 1 is 1.00 bits per heavy atom. The second-order valence-electron chi connectivity index (χ2n) is 4.94. The molecule has 0 atom stereocenters. The van der Waals surface area contributed by atoms with Crippen LogP contribution < -0.4 is 10.7 Å². The zero-order chi connectivity index (χ0) is 16.8. The quantitative estimate of drug-likeness (QED) is 0.541. The highest BCUT2D eigenvalue weighted by Gasteiger charge is 2.04. The number of aromatic nitrogens is 1. The maximum Gasteiger partial charge on any atom is 0.339 e. The number of amides is 2. The third-order valence-electron chi connectivity index (χ3n) is 3.30. The highest BCUT2D eigenvalue weighted by atomic mass is 35.5. The average Bonchev–Trinajstić information content (AvgIpc) is 3.06. The number of hydrogen-bond donors (Lipinski definition) is 2. The van der Waals surface area contributed by atoms with Crippen LogP contribution in [0.5, 0.6) is 0 Å². The number of hydrazone groups is 1. The number of hydrogen-bond acceptors (Lipinski definition) is 2. The van der Waals surface area contributed by atoms with Gasteiger partial charge in [-0.05, 0) is 36.4 Å². The molecule has 0 aliphatic heterocycles. The number of urea groups is 1. The van der Waals surface area contributed by atoms with Crippen molar-refractivity contribution in [2.45, 2.75) is 0 Å². The summed E-state index contributed by atoms with van der Waals surface area (Å²) >= 11 is 5.99. The molecule has 3 rings (SSSR count). The van der Waals surface area contributed by atoms with Crippen molar-refractivity contribution in [1.82, 2.24) is 9.99 Å². The zero-order valence-corrected chi connectivity index (χ0v) is 13.4.